The fourth-order valence-electron chi connectivity index (χ4n) is 1.84. The summed E-state index contributed by atoms with van der Waals surface area (Å²) in [4.78, 5) is 2.45. The maximum atomic E-state index is 6.18. The fourth-order valence-corrected chi connectivity index (χ4v) is 2.87. The van der Waals surface area contributed by atoms with Crippen molar-refractivity contribution in [1.29, 1.82) is 0 Å². The lowest BCUT2D eigenvalue weighted by Gasteiger charge is -2.36. The third-order valence-corrected chi connectivity index (χ3v) is 8.78. The first-order valence-corrected chi connectivity index (χ1v) is 9.56. The molecule has 4 heteroatoms. The standard InChI is InChI=1S/C13H29NO2Si/c1-13(2,3)17(5,6)16-10-9-14-8-7-12(11-14)15-4/h12H,7-11H2,1-6H3. The van der Waals surface area contributed by atoms with Gasteiger partial charge in [0.2, 0.25) is 0 Å². The number of hydrogen-bond donors (Lipinski definition) is 0. The van der Waals surface area contributed by atoms with E-state index < -0.39 is 8.32 Å². The van der Waals surface area contributed by atoms with Crippen molar-refractivity contribution in [3.8, 4) is 0 Å². The second kappa shape index (κ2) is 5.82. The Morgan fingerprint density at radius 1 is 1.29 bits per heavy atom. The molecule has 0 N–H and O–H groups in total. The SMILES string of the molecule is COC1CCN(CCO[Si](C)(C)C(C)(C)C)C1. The molecule has 0 spiro atoms. The Labute approximate surface area is 108 Å². The van der Waals surface area contributed by atoms with Gasteiger partial charge in [-0.3, -0.25) is 4.90 Å². The molecule has 0 bridgehead atoms. The Morgan fingerprint density at radius 3 is 2.41 bits per heavy atom. The predicted molar refractivity (Wildman–Crippen MR) is 75.0 cm³/mol. The highest BCUT2D eigenvalue weighted by Crippen LogP contribution is 2.36. The molecule has 102 valence electrons. The molecule has 1 aliphatic heterocycles. The van der Waals surface area contributed by atoms with E-state index >= 15 is 0 Å². The van der Waals surface area contributed by atoms with Crippen LogP contribution in [0.4, 0.5) is 0 Å². The highest BCUT2D eigenvalue weighted by Gasteiger charge is 2.37. The Kier molecular flexibility index (Phi) is 5.19. The predicted octanol–water partition coefficient (Wildman–Crippen LogP) is 2.73. The van der Waals surface area contributed by atoms with Gasteiger partial charge in [-0.05, 0) is 24.6 Å². The van der Waals surface area contributed by atoms with Gasteiger partial charge in [-0.1, -0.05) is 20.8 Å². The van der Waals surface area contributed by atoms with Crippen LogP contribution in [-0.2, 0) is 9.16 Å². The number of ether oxygens (including phenoxy) is 1. The topological polar surface area (TPSA) is 21.7 Å². The summed E-state index contributed by atoms with van der Waals surface area (Å²) in [7, 11) is 0.246. The van der Waals surface area contributed by atoms with Gasteiger partial charge in [0.05, 0.1) is 6.10 Å². The van der Waals surface area contributed by atoms with Gasteiger partial charge in [-0.15, -0.1) is 0 Å². The van der Waals surface area contributed by atoms with E-state index in [2.05, 4.69) is 38.8 Å². The molecule has 1 atom stereocenters. The van der Waals surface area contributed by atoms with Crippen LogP contribution in [0.25, 0.3) is 0 Å². The molecular formula is C13H29NO2Si. The van der Waals surface area contributed by atoms with Gasteiger partial charge in [0.1, 0.15) is 0 Å². The zero-order valence-corrected chi connectivity index (χ0v) is 13.4. The van der Waals surface area contributed by atoms with Gasteiger partial charge >= 0.3 is 0 Å². The smallest absolute Gasteiger partial charge is 0.192 e. The monoisotopic (exact) mass is 259 g/mol. The molecule has 0 aromatic heterocycles. The molecule has 17 heavy (non-hydrogen) atoms. The molecule has 1 unspecified atom stereocenters. The summed E-state index contributed by atoms with van der Waals surface area (Å²) in [6.45, 7) is 15.6. The summed E-state index contributed by atoms with van der Waals surface area (Å²) in [5.74, 6) is 0. The minimum Gasteiger partial charge on any atom is -0.416 e. The van der Waals surface area contributed by atoms with Crippen LogP contribution in [0, 0.1) is 0 Å². The van der Waals surface area contributed by atoms with Crippen molar-refractivity contribution in [2.24, 2.45) is 0 Å². The molecule has 1 saturated heterocycles. The van der Waals surface area contributed by atoms with Gasteiger partial charge < -0.3 is 9.16 Å². The van der Waals surface area contributed by atoms with Crippen molar-refractivity contribution in [3.05, 3.63) is 0 Å². The van der Waals surface area contributed by atoms with E-state index in [1.54, 1.807) is 7.11 Å². The summed E-state index contributed by atoms with van der Waals surface area (Å²) in [5.41, 5.74) is 0. The van der Waals surface area contributed by atoms with Crippen molar-refractivity contribution in [3.63, 3.8) is 0 Å². The van der Waals surface area contributed by atoms with E-state index in [0.29, 0.717) is 11.1 Å². The summed E-state index contributed by atoms with van der Waals surface area (Å²) >= 11 is 0. The number of methoxy groups -OCH3 is 1. The average molecular weight is 259 g/mol. The van der Waals surface area contributed by atoms with Gasteiger partial charge in [0, 0.05) is 33.4 Å². The summed E-state index contributed by atoms with van der Waals surface area (Å²) in [6, 6.07) is 0. The molecule has 1 heterocycles. The number of rotatable bonds is 5. The molecule has 3 nitrogen and oxygen atoms in total. The van der Waals surface area contributed by atoms with Crippen LogP contribution < -0.4 is 0 Å². The van der Waals surface area contributed by atoms with Gasteiger partial charge in [-0.2, -0.15) is 0 Å². The second-order valence-corrected chi connectivity index (χ2v) is 11.4. The number of nitrogens with zero attached hydrogens (tertiary/aromatic N) is 1. The van der Waals surface area contributed by atoms with E-state index in [4.69, 9.17) is 9.16 Å². The maximum Gasteiger partial charge on any atom is 0.192 e. The minimum absolute atomic E-state index is 0.313. The lowest BCUT2D eigenvalue weighted by atomic mass is 10.2. The molecule has 1 fully saturated rings. The molecule has 0 saturated carbocycles. The average Bonchev–Trinajstić information content (AvgIpc) is 2.63. The highest BCUT2D eigenvalue weighted by atomic mass is 28.4. The molecular weight excluding hydrogens is 230 g/mol. The van der Waals surface area contributed by atoms with Crippen molar-refractivity contribution in [1.82, 2.24) is 4.90 Å². The van der Waals surface area contributed by atoms with Crippen LogP contribution in [0.3, 0.4) is 0 Å². The van der Waals surface area contributed by atoms with E-state index in [-0.39, 0.29) is 0 Å². The largest absolute Gasteiger partial charge is 0.416 e. The molecule has 1 rings (SSSR count). The molecule has 0 amide bonds. The Morgan fingerprint density at radius 2 is 1.94 bits per heavy atom. The highest BCUT2D eigenvalue weighted by molar-refractivity contribution is 6.74. The Hall–Kier alpha value is 0.0969. The maximum absolute atomic E-state index is 6.18. The Bertz CT molecular complexity index is 238. The van der Waals surface area contributed by atoms with E-state index in [0.717, 1.165) is 32.7 Å². The number of likely N-dealkylation sites (tertiary alicyclic amines) is 1. The molecule has 0 aromatic rings. The zero-order chi connectivity index (χ0) is 13.1. The Balaban J connectivity index is 2.25. The first-order valence-electron chi connectivity index (χ1n) is 6.65. The van der Waals surface area contributed by atoms with Crippen LogP contribution >= 0.6 is 0 Å². The van der Waals surface area contributed by atoms with Crippen molar-refractivity contribution >= 4 is 8.32 Å². The van der Waals surface area contributed by atoms with Gasteiger partial charge in [0.15, 0.2) is 8.32 Å². The van der Waals surface area contributed by atoms with E-state index in [9.17, 15) is 0 Å². The van der Waals surface area contributed by atoms with E-state index in [1.807, 2.05) is 0 Å². The zero-order valence-electron chi connectivity index (χ0n) is 12.4. The van der Waals surface area contributed by atoms with Crippen LogP contribution in [-0.4, -0.2) is 52.7 Å². The fraction of sp³-hybridized carbons (Fsp3) is 1.00. The third kappa shape index (κ3) is 4.36. The second-order valence-electron chi connectivity index (χ2n) is 6.56. The van der Waals surface area contributed by atoms with Crippen LogP contribution in [0.2, 0.25) is 18.1 Å². The molecule has 0 radical (unpaired) electrons. The quantitative estimate of drug-likeness (QED) is 0.709. The summed E-state index contributed by atoms with van der Waals surface area (Å²) in [6.07, 6.45) is 1.60. The first kappa shape index (κ1) is 15.2. The number of hydrogen-bond acceptors (Lipinski definition) is 3. The first-order chi connectivity index (χ1) is 7.76. The van der Waals surface area contributed by atoms with Gasteiger partial charge in [0.25, 0.3) is 0 Å². The molecule has 0 aliphatic carbocycles. The van der Waals surface area contributed by atoms with Crippen molar-refractivity contribution < 1.29 is 9.16 Å². The van der Waals surface area contributed by atoms with Crippen LogP contribution in [0.1, 0.15) is 27.2 Å². The van der Waals surface area contributed by atoms with E-state index in [1.165, 1.54) is 0 Å². The third-order valence-electron chi connectivity index (χ3n) is 4.24. The summed E-state index contributed by atoms with van der Waals surface area (Å²) in [5, 5.41) is 0.313. The molecule has 0 aromatic carbocycles. The molecule has 1 aliphatic rings. The van der Waals surface area contributed by atoms with Gasteiger partial charge in [-0.25, -0.2) is 0 Å². The lowest BCUT2D eigenvalue weighted by Crippen LogP contribution is -2.42. The minimum atomic E-state index is -1.56. The van der Waals surface area contributed by atoms with Crippen LogP contribution in [0.5, 0.6) is 0 Å². The summed E-state index contributed by atoms with van der Waals surface area (Å²) < 4.78 is 11.6. The lowest BCUT2D eigenvalue weighted by molar-refractivity contribution is 0.105. The van der Waals surface area contributed by atoms with Crippen LogP contribution in [0.15, 0.2) is 0 Å². The van der Waals surface area contributed by atoms with Crippen molar-refractivity contribution in [2.45, 2.75) is 51.4 Å². The van der Waals surface area contributed by atoms with Crippen molar-refractivity contribution in [2.75, 3.05) is 33.4 Å². The normalized spacial score (nSPS) is 23.3.